The lowest BCUT2D eigenvalue weighted by molar-refractivity contribution is -0.139. The molecule has 8 nitrogen and oxygen atoms in total. The highest BCUT2D eigenvalue weighted by atomic mass is 32.2. The maximum Gasteiger partial charge on any atom is 0.244 e. The Morgan fingerprint density at radius 2 is 1.79 bits per heavy atom. The zero-order valence-electron chi connectivity index (χ0n) is 20.1. The Labute approximate surface area is 200 Å². The van der Waals surface area contributed by atoms with E-state index in [0.29, 0.717) is 12.2 Å². The van der Waals surface area contributed by atoms with Crippen molar-refractivity contribution < 1.29 is 27.1 Å². The van der Waals surface area contributed by atoms with Gasteiger partial charge >= 0.3 is 0 Å². The molecule has 0 aromatic heterocycles. The molecule has 0 bridgehead atoms. The average Bonchev–Trinajstić information content (AvgIpc) is 2.80. The lowest BCUT2D eigenvalue weighted by Crippen LogP contribution is -2.52. The molecule has 0 spiro atoms. The van der Waals surface area contributed by atoms with Crippen LogP contribution in [-0.2, 0) is 26.2 Å². The third-order valence-corrected chi connectivity index (χ3v) is 6.63. The van der Waals surface area contributed by atoms with Crippen molar-refractivity contribution in [3.63, 3.8) is 0 Å². The fourth-order valence-electron chi connectivity index (χ4n) is 3.24. The number of rotatable bonds is 11. The Balaban J connectivity index is 2.41. The van der Waals surface area contributed by atoms with Crippen molar-refractivity contribution in [1.82, 2.24) is 10.2 Å². The maximum absolute atomic E-state index is 14.4. The molecule has 0 aliphatic rings. The van der Waals surface area contributed by atoms with E-state index in [9.17, 15) is 22.4 Å². The van der Waals surface area contributed by atoms with Gasteiger partial charge in [0.05, 0.1) is 19.1 Å². The van der Waals surface area contributed by atoms with Gasteiger partial charge in [0.1, 0.15) is 24.2 Å². The second-order valence-electron chi connectivity index (χ2n) is 8.08. The number of benzene rings is 2. The van der Waals surface area contributed by atoms with Gasteiger partial charge in [-0.15, -0.1) is 0 Å². The van der Waals surface area contributed by atoms with E-state index in [1.54, 1.807) is 18.2 Å². The summed E-state index contributed by atoms with van der Waals surface area (Å²) >= 11 is 0. The zero-order chi connectivity index (χ0) is 25.5. The Morgan fingerprint density at radius 1 is 1.12 bits per heavy atom. The Bertz CT molecular complexity index is 1110. The van der Waals surface area contributed by atoms with Crippen LogP contribution >= 0.6 is 0 Å². The van der Waals surface area contributed by atoms with Crippen molar-refractivity contribution in [1.29, 1.82) is 0 Å². The molecule has 2 aromatic carbocycles. The number of sulfonamides is 1. The quantitative estimate of drug-likeness (QED) is 0.519. The smallest absolute Gasteiger partial charge is 0.244 e. The van der Waals surface area contributed by atoms with Crippen molar-refractivity contribution in [2.24, 2.45) is 0 Å². The van der Waals surface area contributed by atoms with Gasteiger partial charge in [-0.05, 0) is 38.5 Å². The summed E-state index contributed by atoms with van der Waals surface area (Å²) in [5, 5.41) is 2.82. The predicted octanol–water partition coefficient (Wildman–Crippen LogP) is 2.93. The topological polar surface area (TPSA) is 96.0 Å². The molecule has 10 heteroatoms. The minimum atomic E-state index is -3.87. The van der Waals surface area contributed by atoms with E-state index in [2.05, 4.69) is 5.32 Å². The molecule has 0 saturated heterocycles. The van der Waals surface area contributed by atoms with Gasteiger partial charge in [-0.1, -0.05) is 31.2 Å². The fourth-order valence-corrected chi connectivity index (χ4v) is 4.08. The first-order valence-corrected chi connectivity index (χ1v) is 12.8. The van der Waals surface area contributed by atoms with E-state index in [4.69, 9.17) is 4.74 Å². The van der Waals surface area contributed by atoms with Gasteiger partial charge in [0.15, 0.2) is 0 Å². The molecule has 2 aromatic rings. The van der Waals surface area contributed by atoms with Crippen LogP contribution in [0.3, 0.4) is 0 Å². The molecule has 0 unspecified atom stereocenters. The molecule has 0 aliphatic carbocycles. The first-order valence-electron chi connectivity index (χ1n) is 10.9. The van der Waals surface area contributed by atoms with Crippen LogP contribution in [-0.4, -0.2) is 57.1 Å². The molecule has 0 aliphatic heterocycles. The number of hydrogen-bond donors (Lipinski definition) is 1. The van der Waals surface area contributed by atoms with Crippen LogP contribution in [0.5, 0.6) is 5.75 Å². The average molecular weight is 494 g/mol. The first kappa shape index (κ1) is 27.1. The molecular formula is C24H32FN3O5S. The van der Waals surface area contributed by atoms with Gasteiger partial charge in [-0.3, -0.25) is 13.9 Å². The van der Waals surface area contributed by atoms with Gasteiger partial charge in [-0.25, -0.2) is 12.8 Å². The summed E-state index contributed by atoms with van der Waals surface area (Å²) in [7, 11) is -2.42. The molecule has 0 heterocycles. The summed E-state index contributed by atoms with van der Waals surface area (Å²) < 4.78 is 45.6. The molecule has 0 radical (unpaired) electrons. The molecule has 2 rings (SSSR count). The number of methoxy groups -OCH3 is 1. The van der Waals surface area contributed by atoms with E-state index >= 15 is 0 Å². The molecule has 186 valence electrons. The largest absolute Gasteiger partial charge is 0.497 e. The van der Waals surface area contributed by atoms with Crippen LogP contribution in [0.25, 0.3) is 0 Å². The second kappa shape index (κ2) is 11.8. The minimum Gasteiger partial charge on any atom is -0.497 e. The monoisotopic (exact) mass is 493 g/mol. The first-order chi connectivity index (χ1) is 16.0. The number of nitrogens with zero attached hydrogens (tertiary/aromatic N) is 2. The number of carbonyl (C=O) groups is 2. The summed E-state index contributed by atoms with van der Waals surface area (Å²) in [5.74, 6) is -1.17. The van der Waals surface area contributed by atoms with Gasteiger partial charge in [0.2, 0.25) is 21.8 Å². The van der Waals surface area contributed by atoms with Crippen LogP contribution in [0.2, 0.25) is 0 Å². The van der Waals surface area contributed by atoms with Crippen LogP contribution in [0.1, 0.15) is 32.8 Å². The van der Waals surface area contributed by atoms with Gasteiger partial charge in [-0.2, -0.15) is 0 Å². The van der Waals surface area contributed by atoms with E-state index < -0.39 is 40.2 Å². The lowest BCUT2D eigenvalue weighted by atomic mass is 10.1. The van der Waals surface area contributed by atoms with Gasteiger partial charge in [0.25, 0.3) is 0 Å². The van der Waals surface area contributed by atoms with E-state index in [1.165, 1.54) is 49.3 Å². The number of nitrogens with one attached hydrogen (secondary N) is 1. The molecule has 0 saturated carbocycles. The van der Waals surface area contributed by atoms with Crippen LogP contribution in [0.15, 0.2) is 48.5 Å². The number of ether oxygens (including phenoxy) is 1. The Morgan fingerprint density at radius 3 is 2.38 bits per heavy atom. The number of anilines is 1. The summed E-state index contributed by atoms with van der Waals surface area (Å²) in [6, 6.07) is 11.1. The maximum atomic E-state index is 14.4. The lowest BCUT2D eigenvalue weighted by Gasteiger charge is -2.32. The van der Waals surface area contributed by atoms with Crippen LogP contribution in [0, 0.1) is 5.82 Å². The molecule has 0 fully saturated rings. The summed E-state index contributed by atoms with van der Waals surface area (Å²) in [5.41, 5.74) is 0.448. The molecule has 2 atom stereocenters. The van der Waals surface area contributed by atoms with E-state index in [-0.39, 0.29) is 23.8 Å². The van der Waals surface area contributed by atoms with Crippen molar-refractivity contribution in [2.45, 2.75) is 45.8 Å². The minimum absolute atomic E-state index is 0.121. The SMILES string of the molecule is CC[C@@H](C)NC(=O)[C@H](C)N(Cc1ccccc1F)C(=O)CN(c1cccc(OC)c1)S(C)(=O)=O. The summed E-state index contributed by atoms with van der Waals surface area (Å²) in [6.45, 7) is 4.52. The number of carbonyl (C=O) groups excluding carboxylic acids is 2. The highest BCUT2D eigenvalue weighted by molar-refractivity contribution is 7.92. The van der Waals surface area contributed by atoms with Gasteiger partial charge in [0, 0.05) is 24.2 Å². The molecule has 1 N–H and O–H groups in total. The Hall–Kier alpha value is -3.14. The predicted molar refractivity (Wildman–Crippen MR) is 129 cm³/mol. The highest BCUT2D eigenvalue weighted by Gasteiger charge is 2.31. The molecular weight excluding hydrogens is 461 g/mol. The van der Waals surface area contributed by atoms with Crippen LogP contribution < -0.4 is 14.4 Å². The van der Waals surface area contributed by atoms with Crippen molar-refractivity contribution in [3.8, 4) is 5.75 Å². The van der Waals surface area contributed by atoms with Crippen LogP contribution in [0.4, 0.5) is 10.1 Å². The van der Waals surface area contributed by atoms with Crippen molar-refractivity contribution >= 4 is 27.5 Å². The van der Waals surface area contributed by atoms with Crippen molar-refractivity contribution in [3.05, 3.63) is 59.9 Å². The number of hydrogen-bond acceptors (Lipinski definition) is 5. The second-order valence-corrected chi connectivity index (χ2v) is 9.98. The Kier molecular flexibility index (Phi) is 9.43. The van der Waals surface area contributed by atoms with E-state index in [0.717, 1.165) is 10.6 Å². The fraction of sp³-hybridized carbons (Fsp3) is 0.417. The highest BCUT2D eigenvalue weighted by Crippen LogP contribution is 2.24. The van der Waals surface area contributed by atoms with Gasteiger partial charge < -0.3 is 15.0 Å². The molecule has 34 heavy (non-hydrogen) atoms. The summed E-state index contributed by atoms with van der Waals surface area (Å²) in [6.07, 6.45) is 1.68. The third-order valence-electron chi connectivity index (χ3n) is 5.49. The zero-order valence-corrected chi connectivity index (χ0v) is 20.9. The number of halogens is 1. The standard InChI is InChI=1S/C24H32FN3O5S/c1-6-17(2)26-24(30)18(3)27(15-19-10-7-8-13-22(19)25)23(29)16-28(34(5,31)32)20-11-9-12-21(14-20)33-4/h7-14,17-18H,6,15-16H2,1-5H3,(H,26,30)/t17-,18+/m1/s1. The van der Waals surface area contributed by atoms with Crippen molar-refractivity contribution in [2.75, 3.05) is 24.2 Å². The molecule has 2 amide bonds. The summed E-state index contributed by atoms with van der Waals surface area (Å²) in [4.78, 5) is 27.4. The third kappa shape index (κ3) is 7.18. The number of amides is 2. The van der Waals surface area contributed by atoms with E-state index in [1.807, 2.05) is 13.8 Å². The normalized spacial score (nSPS) is 13.0.